The topological polar surface area (TPSA) is 79.0 Å². The Hall–Kier alpha value is -1.64. The molecule has 1 aliphatic rings. The van der Waals surface area contributed by atoms with Gasteiger partial charge in [-0.15, -0.1) is 0 Å². The summed E-state index contributed by atoms with van der Waals surface area (Å²) in [5.41, 5.74) is 0. The van der Waals surface area contributed by atoms with Crippen LogP contribution >= 0.6 is 0 Å². The van der Waals surface area contributed by atoms with Crippen molar-refractivity contribution >= 4 is 15.9 Å². The van der Waals surface area contributed by atoms with Crippen LogP contribution in [0.25, 0.3) is 0 Å². The summed E-state index contributed by atoms with van der Waals surface area (Å²) in [5, 5.41) is 2.93. The Morgan fingerprint density at radius 3 is 2.32 bits per heavy atom. The van der Waals surface area contributed by atoms with Crippen molar-refractivity contribution in [3.8, 4) is 5.75 Å². The number of hydrogen-bond donors (Lipinski definition) is 1. The van der Waals surface area contributed by atoms with Crippen LogP contribution in [0.15, 0.2) is 29.2 Å². The summed E-state index contributed by atoms with van der Waals surface area (Å²) in [5.74, 6) is 0.608. The zero-order valence-electron chi connectivity index (χ0n) is 15.1. The second-order valence-corrected chi connectivity index (χ2v) is 8.17. The van der Waals surface area contributed by atoms with Crippen molar-refractivity contribution in [1.29, 1.82) is 0 Å². The van der Waals surface area contributed by atoms with Crippen molar-refractivity contribution in [3.63, 3.8) is 0 Å². The van der Waals surface area contributed by atoms with E-state index >= 15 is 0 Å². The van der Waals surface area contributed by atoms with Crippen molar-refractivity contribution in [3.05, 3.63) is 24.3 Å². The van der Waals surface area contributed by atoms with Crippen LogP contribution in [0.5, 0.6) is 5.75 Å². The van der Waals surface area contributed by atoms with Crippen molar-refractivity contribution in [1.82, 2.24) is 14.5 Å². The molecule has 140 valence electrons. The fourth-order valence-electron chi connectivity index (χ4n) is 2.65. The molecule has 7 nitrogen and oxygen atoms in total. The summed E-state index contributed by atoms with van der Waals surface area (Å²) < 4.78 is 31.9. The van der Waals surface area contributed by atoms with Crippen molar-refractivity contribution < 1.29 is 17.9 Å². The van der Waals surface area contributed by atoms with Crippen LogP contribution in [0.2, 0.25) is 0 Å². The van der Waals surface area contributed by atoms with Gasteiger partial charge in [-0.05, 0) is 37.6 Å². The maximum Gasteiger partial charge on any atom is 0.243 e. The van der Waals surface area contributed by atoms with E-state index in [-0.39, 0.29) is 16.8 Å². The van der Waals surface area contributed by atoms with Gasteiger partial charge in [0.2, 0.25) is 15.9 Å². The Labute approximate surface area is 150 Å². The van der Waals surface area contributed by atoms with Crippen LogP contribution in [-0.4, -0.2) is 69.4 Å². The van der Waals surface area contributed by atoms with Gasteiger partial charge in [0, 0.05) is 32.2 Å². The average Bonchev–Trinajstić information content (AvgIpc) is 2.62. The summed E-state index contributed by atoms with van der Waals surface area (Å²) >= 11 is 0. The molecule has 8 heteroatoms. The molecule has 1 atom stereocenters. The van der Waals surface area contributed by atoms with E-state index < -0.39 is 10.0 Å². The van der Waals surface area contributed by atoms with Crippen LogP contribution in [0, 0.1) is 0 Å². The highest BCUT2D eigenvalue weighted by Crippen LogP contribution is 2.20. The number of ether oxygens (including phenoxy) is 1. The van der Waals surface area contributed by atoms with Gasteiger partial charge in [0.1, 0.15) is 5.75 Å². The molecule has 1 fully saturated rings. The van der Waals surface area contributed by atoms with E-state index in [1.54, 1.807) is 31.4 Å². The summed E-state index contributed by atoms with van der Waals surface area (Å²) in [6.07, 6.45) is 0.889. The second-order valence-electron chi connectivity index (χ2n) is 6.23. The molecule has 0 aliphatic carbocycles. The summed E-state index contributed by atoms with van der Waals surface area (Å²) in [7, 11) is -1.97. The van der Waals surface area contributed by atoms with Crippen molar-refractivity contribution in [2.24, 2.45) is 0 Å². The number of piperazine rings is 1. The van der Waals surface area contributed by atoms with Gasteiger partial charge in [0.15, 0.2) is 0 Å². The number of rotatable bonds is 7. The molecule has 0 radical (unpaired) electrons. The Balaban J connectivity index is 1.91. The molecule has 1 aliphatic heterocycles. The molecule has 1 heterocycles. The predicted molar refractivity (Wildman–Crippen MR) is 96.1 cm³/mol. The lowest BCUT2D eigenvalue weighted by molar-refractivity contribution is -0.123. The SMILES string of the molecule is CC[C@@H](C)NC(=O)CN1CCN(S(=O)(=O)c2ccc(OC)cc2)CC1. The molecule has 25 heavy (non-hydrogen) atoms. The first kappa shape index (κ1) is 19.7. The molecule has 0 unspecified atom stereocenters. The van der Waals surface area contributed by atoms with E-state index in [0.29, 0.717) is 38.5 Å². The van der Waals surface area contributed by atoms with Gasteiger partial charge >= 0.3 is 0 Å². The first-order valence-electron chi connectivity index (χ1n) is 8.52. The van der Waals surface area contributed by atoms with Gasteiger partial charge in [-0.3, -0.25) is 9.69 Å². The Bertz CT molecular complexity index is 668. The Morgan fingerprint density at radius 1 is 1.20 bits per heavy atom. The van der Waals surface area contributed by atoms with Crippen LogP contribution in [0.3, 0.4) is 0 Å². The summed E-state index contributed by atoms with van der Waals surface area (Å²) in [4.78, 5) is 14.2. The van der Waals surface area contributed by atoms with Crippen molar-refractivity contribution in [2.75, 3.05) is 39.8 Å². The number of carbonyl (C=O) groups excluding carboxylic acids is 1. The number of methoxy groups -OCH3 is 1. The third kappa shape index (κ3) is 5.17. The normalized spacial score (nSPS) is 17.9. The number of hydrogen-bond acceptors (Lipinski definition) is 5. The first-order valence-corrected chi connectivity index (χ1v) is 9.96. The molecular weight excluding hydrogens is 342 g/mol. The lowest BCUT2D eigenvalue weighted by Crippen LogP contribution is -2.51. The first-order chi connectivity index (χ1) is 11.9. The molecule has 0 bridgehead atoms. The van der Waals surface area contributed by atoms with Crippen LogP contribution in [0.1, 0.15) is 20.3 Å². The maximum absolute atomic E-state index is 12.7. The average molecular weight is 369 g/mol. The molecule has 1 amide bonds. The fourth-order valence-corrected chi connectivity index (χ4v) is 4.07. The zero-order valence-corrected chi connectivity index (χ0v) is 15.9. The number of nitrogens with one attached hydrogen (secondary N) is 1. The van der Waals surface area contributed by atoms with Gasteiger partial charge in [0.25, 0.3) is 0 Å². The van der Waals surface area contributed by atoms with Gasteiger partial charge in [-0.2, -0.15) is 4.31 Å². The highest BCUT2D eigenvalue weighted by molar-refractivity contribution is 7.89. The molecule has 1 N–H and O–H groups in total. The van der Waals surface area contributed by atoms with Gasteiger partial charge in [0.05, 0.1) is 18.6 Å². The zero-order chi connectivity index (χ0) is 18.4. The highest BCUT2D eigenvalue weighted by Gasteiger charge is 2.29. The van der Waals surface area contributed by atoms with E-state index in [1.165, 1.54) is 4.31 Å². The van der Waals surface area contributed by atoms with Crippen LogP contribution in [-0.2, 0) is 14.8 Å². The molecule has 1 saturated heterocycles. The molecule has 1 aromatic rings. The largest absolute Gasteiger partial charge is 0.497 e. The molecule has 0 saturated carbocycles. The molecule has 2 rings (SSSR count). The number of sulfonamides is 1. The molecule has 0 aromatic heterocycles. The third-order valence-electron chi connectivity index (χ3n) is 4.42. The highest BCUT2D eigenvalue weighted by atomic mass is 32.2. The number of benzene rings is 1. The van der Waals surface area contributed by atoms with E-state index in [1.807, 2.05) is 18.7 Å². The molecule has 0 spiro atoms. The maximum atomic E-state index is 12.7. The number of carbonyl (C=O) groups is 1. The summed E-state index contributed by atoms with van der Waals surface area (Å²) in [6, 6.07) is 6.55. The van der Waals surface area contributed by atoms with Gasteiger partial charge < -0.3 is 10.1 Å². The van der Waals surface area contributed by atoms with E-state index in [4.69, 9.17) is 4.74 Å². The minimum atomic E-state index is -3.51. The Morgan fingerprint density at radius 2 is 1.80 bits per heavy atom. The van der Waals surface area contributed by atoms with Gasteiger partial charge in [-0.1, -0.05) is 6.92 Å². The quantitative estimate of drug-likeness (QED) is 0.773. The van der Waals surface area contributed by atoms with Gasteiger partial charge in [-0.25, -0.2) is 8.42 Å². The Kier molecular flexibility index (Phi) is 6.80. The monoisotopic (exact) mass is 369 g/mol. The van der Waals surface area contributed by atoms with E-state index in [2.05, 4.69) is 5.32 Å². The minimum absolute atomic E-state index is 0.0131. The van der Waals surface area contributed by atoms with E-state index in [0.717, 1.165) is 6.42 Å². The predicted octanol–water partition coefficient (Wildman–Crippen LogP) is 0.916. The lowest BCUT2D eigenvalue weighted by Gasteiger charge is -2.33. The van der Waals surface area contributed by atoms with Crippen molar-refractivity contribution in [2.45, 2.75) is 31.2 Å². The molecule has 1 aromatic carbocycles. The molecular formula is C17H27N3O4S. The second kappa shape index (κ2) is 8.64. The van der Waals surface area contributed by atoms with Crippen LogP contribution < -0.4 is 10.1 Å². The summed E-state index contributed by atoms with van der Waals surface area (Å²) in [6.45, 7) is 6.15. The van der Waals surface area contributed by atoms with E-state index in [9.17, 15) is 13.2 Å². The third-order valence-corrected chi connectivity index (χ3v) is 6.33. The fraction of sp³-hybridized carbons (Fsp3) is 0.588. The smallest absolute Gasteiger partial charge is 0.243 e. The number of nitrogens with zero attached hydrogens (tertiary/aromatic N) is 2. The number of amides is 1. The lowest BCUT2D eigenvalue weighted by atomic mass is 10.2. The van der Waals surface area contributed by atoms with Crippen LogP contribution in [0.4, 0.5) is 0 Å². The standard InChI is InChI=1S/C17H27N3O4S/c1-4-14(2)18-17(21)13-19-9-11-20(12-10-19)25(22,23)16-7-5-15(24-3)6-8-16/h5-8,14H,4,9-13H2,1-3H3,(H,18,21)/t14-/m1/s1. The minimum Gasteiger partial charge on any atom is -0.497 e.